The highest BCUT2D eigenvalue weighted by molar-refractivity contribution is 5.81. The van der Waals surface area contributed by atoms with Gasteiger partial charge in [0.25, 0.3) is 5.91 Å². The Morgan fingerprint density at radius 3 is 2.93 bits per heavy atom. The molecule has 2 saturated heterocycles. The Kier molecular flexibility index (Phi) is 3.22. The van der Waals surface area contributed by atoms with Gasteiger partial charge in [-0.15, -0.1) is 0 Å². The van der Waals surface area contributed by atoms with Crippen LogP contribution in [0, 0.1) is 17.2 Å². The van der Waals surface area contributed by atoms with Crippen LogP contribution in [0.1, 0.15) is 25.7 Å². The molecule has 0 bridgehead atoms. The number of hydrogen-bond acceptors (Lipinski definition) is 3. The molecule has 2 fully saturated rings. The molecule has 2 unspecified atom stereocenters. The van der Waals surface area contributed by atoms with E-state index >= 15 is 0 Å². The van der Waals surface area contributed by atoms with E-state index in [1.807, 2.05) is 0 Å². The summed E-state index contributed by atoms with van der Waals surface area (Å²) in [7, 11) is 0. The Labute approximate surface area is 89.8 Å². The molecule has 2 aliphatic rings. The Balaban J connectivity index is 1.92. The van der Waals surface area contributed by atoms with Gasteiger partial charge in [-0.1, -0.05) is 0 Å². The van der Waals surface area contributed by atoms with Crippen LogP contribution in [-0.4, -0.2) is 36.6 Å². The van der Waals surface area contributed by atoms with Crippen molar-refractivity contribution in [2.45, 2.75) is 31.8 Å². The Morgan fingerprint density at radius 1 is 1.40 bits per heavy atom. The third-order valence-electron chi connectivity index (χ3n) is 3.12. The lowest BCUT2D eigenvalue weighted by Gasteiger charge is -2.31. The second-order valence-corrected chi connectivity index (χ2v) is 4.25. The van der Waals surface area contributed by atoms with Gasteiger partial charge in [0.1, 0.15) is 6.10 Å². The molecular weight excluding hydrogens is 192 g/mol. The summed E-state index contributed by atoms with van der Waals surface area (Å²) < 4.78 is 5.36. The molecular formula is C11H16N2O2. The third kappa shape index (κ3) is 2.29. The smallest absolute Gasteiger partial charge is 0.251 e. The van der Waals surface area contributed by atoms with E-state index in [2.05, 4.69) is 6.07 Å². The van der Waals surface area contributed by atoms with Crippen molar-refractivity contribution in [3.05, 3.63) is 0 Å². The van der Waals surface area contributed by atoms with Crippen LogP contribution in [0.25, 0.3) is 0 Å². The monoisotopic (exact) mass is 208 g/mol. The van der Waals surface area contributed by atoms with E-state index in [9.17, 15) is 4.79 Å². The van der Waals surface area contributed by atoms with E-state index in [1.54, 1.807) is 4.90 Å². The zero-order chi connectivity index (χ0) is 10.7. The van der Waals surface area contributed by atoms with Gasteiger partial charge in [-0.25, -0.2) is 0 Å². The summed E-state index contributed by atoms with van der Waals surface area (Å²) >= 11 is 0. The summed E-state index contributed by atoms with van der Waals surface area (Å²) in [6.45, 7) is 2.08. The number of ether oxygens (including phenoxy) is 1. The zero-order valence-corrected chi connectivity index (χ0v) is 8.82. The standard InChI is InChI=1S/C11H16N2O2/c12-7-9-3-1-5-13(8-9)11(14)10-4-2-6-15-10/h9-10H,1-6,8H2. The number of hydrogen-bond donors (Lipinski definition) is 0. The van der Waals surface area contributed by atoms with Crippen molar-refractivity contribution in [1.82, 2.24) is 4.90 Å². The van der Waals surface area contributed by atoms with Crippen LogP contribution >= 0.6 is 0 Å². The predicted molar refractivity (Wildman–Crippen MR) is 53.9 cm³/mol. The molecule has 2 heterocycles. The van der Waals surface area contributed by atoms with E-state index in [4.69, 9.17) is 10.00 Å². The summed E-state index contributed by atoms with van der Waals surface area (Å²) in [5.41, 5.74) is 0. The fourth-order valence-corrected chi connectivity index (χ4v) is 2.26. The molecule has 2 aliphatic heterocycles. The fourth-order valence-electron chi connectivity index (χ4n) is 2.26. The molecule has 2 atom stereocenters. The van der Waals surface area contributed by atoms with Crippen molar-refractivity contribution in [2.75, 3.05) is 19.7 Å². The Bertz CT molecular complexity index is 279. The molecule has 0 radical (unpaired) electrons. The van der Waals surface area contributed by atoms with Crippen molar-refractivity contribution in [1.29, 1.82) is 5.26 Å². The van der Waals surface area contributed by atoms with Crippen molar-refractivity contribution >= 4 is 5.91 Å². The van der Waals surface area contributed by atoms with Gasteiger partial charge in [0.2, 0.25) is 0 Å². The largest absolute Gasteiger partial charge is 0.368 e. The van der Waals surface area contributed by atoms with Gasteiger partial charge in [-0.05, 0) is 25.7 Å². The maximum Gasteiger partial charge on any atom is 0.251 e. The van der Waals surface area contributed by atoms with E-state index in [0.29, 0.717) is 13.2 Å². The molecule has 2 rings (SSSR count). The van der Waals surface area contributed by atoms with E-state index in [1.165, 1.54) is 0 Å². The summed E-state index contributed by atoms with van der Waals surface area (Å²) in [5.74, 6) is 0.108. The lowest BCUT2D eigenvalue weighted by atomic mass is 9.99. The van der Waals surface area contributed by atoms with Gasteiger partial charge >= 0.3 is 0 Å². The average molecular weight is 208 g/mol. The summed E-state index contributed by atoms with van der Waals surface area (Å²) in [5, 5.41) is 8.84. The quantitative estimate of drug-likeness (QED) is 0.644. The number of piperidine rings is 1. The van der Waals surface area contributed by atoms with Crippen LogP contribution in [0.3, 0.4) is 0 Å². The number of rotatable bonds is 1. The second-order valence-electron chi connectivity index (χ2n) is 4.25. The van der Waals surface area contributed by atoms with Crippen LogP contribution in [0.2, 0.25) is 0 Å². The minimum atomic E-state index is -0.234. The Hall–Kier alpha value is -1.08. The highest BCUT2D eigenvalue weighted by Crippen LogP contribution is 2.20. The first-order valence-corrected chi connectivity index (χ1v) is 5.61. The molecule has 0 aliphatic carbocycles. The first-order valence-electron chi connectivity index (χ1n) is 5.61. The molecule has 0 spiro atoms. The number of likely N-dealkylation sites (tertiary alicyclic amines) is 1. The number of amides is 1. The van der Waals surface area contributed by atoms with Gasteiger partial charge < -0.3 is 9.64 Å². The maximum absolute atomic E-state index is 12.0. The molecule has 1 amide bonds. The molecule has 4 nitrogen and oxygen atoms in total. The minimum absolute atomic E-state index is 0.0177. The average Bonchev–Trinajstić information content (AvgIpc) is 2.81. The second kappa shape index (κ2) is 4.63. The van der Waals surface area contributed by atoms with E-state index < -0.39 is 0 Å². The number of carbonyl (C=O) groups is 1. The first-order chi connectivity index (χ1) is 7.31. The lowest BCUT2D eigenvalue weighted by molar-refractivity contribution is -0.142. The molecule has 0 N–H and O–H groups in total. The molecule has 0 saturated carbocycles. The molecule has 82 valence electrons. The normalized spacial score (nSPS) is 31.3. The molecule has 0 aromatic carbocycles. The highest BCUT2D eigenvalue weighted by Gasteiger charge is 2.31. The summed E-state index contributed by atoms with van der Waals surface area (Å²) in [6.07, 6.45) is 3.45. The Morgan fingerprint density at radius 2 is 2.27 bits per heavy atom. The van der Waals surface area contributed by atoms with Crippen LogP contribution in [-0.2, 0) is 9.53 Å². The highest BCUT2D eigenvalue weighted by atomic mass is 16.5. The van der Waals surface area contributed by atoms with E-state index in [-0.39, 0.29) is 17.9 Å². The van der Waals surface area contributed by atoms with Crippen LogP contribution in [0.15, 0.2) is 0 Å². The van der Waals surface area contributed by atoms with Crippen LogP contribution in [0.5, 0.6) is 0 Å². The summed E-state index contributed by atoms with van der Waals surface area (Å²) in [6, 6.07) is 2.24. The van der Waals surface area contributed by atoms with Gasteiger partial charge in [0.05, 0.1) is 12.0 Å². The minimum Gasteiger partial charge on any atom is -0.368 e. The summed E-state index contributed by atoms with van der Waals surface area (Å²) in [4.78, 5) is 13.8. The van der Waals surface area contributed by atoms with Crippen molar-refractivity contribution in [2.24, 2.45) is 5.92 Å². The van der Waals surface area contributed by atoms with Crippen LogP contribution < -0.4 is 0 Å². The SMILES string of the molecule is N#CC1CCCN(C(=O)C2CCCO2)C1. The van der Waals surface area contributed by atoms with Crippen molar-refractivity contribution < 1.29 is 9.53 Å². The van der Waals surface area contributed by atoms with Gasteiger partial charge in [-0.2, -0.15) is 5.26 Å². The van der Waals surface area contributed by atoms with Gasteiger partial charge in [0, 0.05) is 19.7 Å². The van der Waals surface area contributed by atoms with E-state index in [0.717, 1.165) is 32.2 Å². The fraction of sp³-hybridized carbons (Fsp3) is 0.818. The molecule has 0 aromatic heterocycles. The first kappa shape index (κ1) is 10.4. The molecule has 4 heteroatoms. The number of nitriles is 1. The van der Waals surface area contributed by atoms with Crippen LogP contribution in [0.4, 0.5) is 0 Å². The zero-order valence-electron chi connectivity index (χ0n) is 8.82. The van der Waals surface area contributed by atoms with Crippen molar-refractivity contribution in [3.63, 3.8) is 0 Å². The third-order valence-corrected chi connectivity index (χ3v) is 3.12. The van der Waals surface area contributed by atoms with Gasteiger partial charge in [-0.3, -0.25) is 4.79 Å². The molecule has 15 heavy (non-hydrogen) atoms. The molecule has 0 aromatic rings. The topological polar surface area (TPSA) is 53.3 Å². The number of carbonyl (C=O) groups excluding carboxylic acids is 1. The maximum atomic E-state index is 12.0. The predicted octanol–water partition coefficient (Wildman–Crippen LogP) is 0.928. The van der Waals surface area contributed by atoms with Gasteiger partial charge in [0.15, 0.2) is 0 Å². The lowest BCUT2D eigenvalue weighted by Crippen LogP contribution is -2.44. The number of nitrogens with zero attached hydrogens (tertiary/aromatic N) is 2. The van der Waals surface area contributed by atoms with Crippen molar-refractivity contribution in [3.8, 4) is 6.07 Å².